The van der Waals surface area contributed by atoms with Crippen LogP contribution in [0, 0.1) is 0 Å². The molecule has 6 heteroatoms. The van der Waals surface area contributed by atoms with Crippen LogP contribution in [0.4, 0.5) is 17.2 Å². The smallest absolute Gasteiger partial charge is 0.259 e. The molecule has 1 aliphatic heterocycles. The van der Waals surface area contributed by atoms with Gasteiger partial charge in [-0.1, -0.05) is 56.3 Å². The van der Waals surface area contributed by atoms with E-state index in [0.717, 1.165) is 22.5 Å². The minimum Gasteiger partial charge on any atom is -0.473 e. The SMILES string of the molecule is CC.Nc1[nH]nc2c1N(c1ccc(CC(=O)Cc3ccccc3)cc1)CCO2. The van der Waals surface area contributed by atoms with E-state index in [-0.39, 0.29) is 5.78 Å². The van der Waals surface area contributed by atoms with Gasteiger partial charge in [-0.25, -0.2) is 0 Å². The van der Waals surface area contributed by atoms with E-state index in [2.05, 4.69) is 15.1 Å². The number of nitrogens with one attached hydrogen (secondary N) is 1. The second-order valence-electron chi connectivity index (χ2n) is 6.34. The summed E-state index contributed by atoms with van der Waals surface area (Å²) in [5.74, 6) is 1.22. The number of carbonyl (C=O) groups is 1. The Hall–Kier alpha value is -3.28. The van der Waals surface area contributed by atoms with Gasteiger partial charge >= 0.3 is 0 Å². The minimum absolute atomic E-state index is 0.205. The number of ketones is 1. The molecule has 4 rings (SSSR count). The zero-order valence-electron chi connectivity index (χ0n) is 16.3. The molecule has 0 amide bonds. The minimum atomic E-state index is 0.205. The van der Waals surface area contributed by atoms with Gasteiger partial charge < -0.3 is 15.4 Å². The van der Waals surface area contributed by atoms with Crippen LogP contribution in [0.15, 0.2) is 54.6 Å². The Labute approximate surface area is 165 Å². The molecule has 28 heavy (non-hydrogen) atoms. The van der Waals surface area contributed by atoms with Crippen molar-refractivity contribution < 1.29 is 9.53 Å². The van der Waals surface area contributed by atoms with Gasteiger partial charge in [0.25, 0.3) is 5.88 Å². The molecule has 0 saturated heterocycles. The van der Waals surface area contributed by atoms with Crippen LogP contribution in [0.1, 0.15) is 25.0 Å². The Kier molecular flexibility index (Phi) is 6.32. The molecular weight excluding hydrogens is 352 g/mol. The van der Waals surface area contributed by atoms with Crippen molar-refractivity contribution in [2.75, 3.05) is 23.8 Å². The number of hydrogen-bond acceptors (Lipinski definition) is 5. The molecule has 6 nitrogen and oxygen atoms in total. The zero-order valence-corrected chi connectivity index (χ0v) is 16.3. The van der Waals surface area contributed by atoms with Crippen LogP contribution in [0.25, 0.3) is 0 Å². The highest BCUT2D eigenvalue weighted by Crippen LogP contribution is 2.39. The monoisotopic (exact) mass is 378 g/mol. The van der Waals surface area contributed by atoms with Gasteiger partial charge in [0.15, 0.2) is 0 Å². The summed E-state index contributed by atoms with van der Waals surface area (Å²) in [6.45, 7) is 5.25. The Morgan fingerprint density at radius 3 is 2.39 bits per heavy atom. The van der Waals surface area contributed by atoms with Crippen LogP contribution in [0.2, 0.25) is 0 Å². The molecule has 0 saturated carbocycles. The van der Waals surface area contributed by atoms with E-state index in [1.54, 1.807) is 0 Å². The summed E-state index contributed by atoms with van der Waals surface area (Å²) in [6.07, 6.45) is 0.887. The molecule has 3 aromatic rings. The first-order chi connectivity index (χ1) is 13.7. The molecule has 0 atom stereocenters. The Balaban J connectivity index is 0.00000109. The number of carbonyl (C=O) groups excluding carboxylic acids is 1. The number of H-pyrrole nitrogens is 1. The summed E-state index contributed by atoms with van der Waals surface area (Å²) in [4.78, 5) is 14.4. The summed E-state index contributed by atoms with van der Waals surface area (Å²) in [5, 5.41) is 6.83. The number of aromatic nitrogens is 2. The van der Waals surface area contributed by atoms with Crippen molar-refractivity contribution in [3.8, 4) is 5.88 Å². The van der Waals surface area contributed by atoms with E-state index >= 15 is 0 Å². The number of nitrogen functional groups attached to an aromatic ring is 1. The van der Waals surface area contributed by atoms with E-state index in [9.17, 15) is 4.79 Å². The molecule has 0 fully saturated rings. The van der Waals surface area contributed by atoms with Gasteiger partial charge in [-0.15, -0.1) is 5.10 Å². The zero-order chi connectivity index (χ0) is 19.9. The van der Waals surface area contributed by atoms with Gasteiger partial charge in [0, 0.05) is 18.5 Å². The van der Waals surface area contributed by atoms with Crippen LogP contribution in [0.5, 0.6) is 5.88 Å². The lowest BCUT2D eigenvalue weighted by molar-refractivity contribution is -0.117. The molecule has 1 aliphatic rings. The lowest BCUT2D eigenvalue weighted by Crippen LogP contribution is -2.28. The third kappa shape index (κ3) is 4.34. The quantitative estimate of drug-likeness (QED) is 0.703. The first-order valence-corrected chi connectivity index (χ1v) is 9.59. The lowest BCUT2D eigenvalue weighted by Gasteiger charge is -2.28. The maximum absolute atomic E-state index is 12.3. The first-order valence-electron chi connectivity index (χ1n) is 9.59. The molecule has 0 bridgehead atoms. The Bertz CT molecular complexity index is 904. The highest BCUT2D eigenvalue weighted by atomic mass is 16.5. The van der Waals surface area contributed by atoms with Crippen molar-refractivity contribution in [1.82, 2.24) is 10.2 Å². The lowest BCUT2D eigenvalue weighted by atomic mass is 10.0. The number of aromatic amines is 1. The number of rotatable bonds is 5. The van der Waals surface area contributed by atoms with Crippen molar-refractivity contribution in [1.29, 1.82) is 0 Å². The van der Waals surface area contributed by atoms with Crippen LogP contribution in [-0.4, -0.2) is 29.1 Å². The second-order valence-corrected chi connectivity index (χ2v) is 6.34. The summed E-state index contributed by atoms with van der Waals surface area (Å²) in [7, 11) is 0. The van der Waals surface area contributed by atoms with E-state index in [0.29, 0.717) is 37.7 Å². The molecule has 2 aromatic carbocycles. The molecule has 0 unspecified atom stereocenters. The number of ether oxygens (including phenoxy) is 1. The molecule has 146 valence electrons. The highest BCUT2D eigenvalue weighted by molar-refractivity contribution is 5.83. The predicted octanol–water partition coefficient (Wildman–Crippen LogP) is 3.90. The average molecular weight is 378 g/mol. The summed E-state index contributed by atoms with van der Waals surface area (Å²) < 4.78 is 5.52. The highest BCUT2D eigenvalue weighted by Gasteiger charge is 2.25. The molecule has 0 spiro atoms. The van der Waals surface area contributed by atoms with Gasteiger partial charge in [-0.3, -0.25) is 9.89 Å². The topological polar surface area (TPSA) is 84.2 Å². The number of Topliss-reactive ketones (excluding diaryl/α,β-unsaturated/α-hetero) is 1. The van der Waals surface area contributed by atoms with Crippen molar-refractivity contribution in [2.24, 2.45) is 0 Å². The Morgan fingerprint density at radius 1 is 1.07 bits per heavy atom. The molecule has 3 N–H and O–H groups in total. The van der Waals surface area contributed by atoms with Gasteiger partial charge in [-0.05, 0) is 23.3 Å². The van der Waals surface area contributed by atoms with Crippen LogP contribution < -0.4 is 15.4 Å². The van der Waals surface area contributed by atoms with Crippen LogP contribution >= 0.6 is 0 Å². The molecular formula is C22H26N4O2. The van der Waals surface area contributed by atoms with E-state index in [1.165, 1.54) is 0 Å². The van der Waals surface area contributed by atoms with Gasteiger partial charge in [0.05, 0.1) is 6.54 Å². The first kappa shape index (κ1) is 19.5. The van der Waals surface area contributed by atoms with Crippen molar-refractivity contribution >= 4 is 23.0 Å². The number of anilines is 3. The van der Waals surface area contributed by atoms with Gasteiger partial charge in [0.2, 0.25) is 0 Å². The second kappa shape index (κ2) is 9.08. The Morgan fingerprint density at radius 2 is 1.71 bits per heavy atom. The number of fused-ring (bicyclic) bond motifs is 1. The number of nitrogens with two attached hydrogens (primary N) is 1. The predicted molar refractivity (Wildman–Crippen MR) is 112 cm³/mol. The number of hydrogen-bond donors (Lipinski definition) is 2. The van der Waals surface area contributed by atoms with Crippen molar-refractivity contribution in [3.63, 3.8) is 0 Å². The largest absolute Gasteiger partial charge is 0.473 e. The third-order valence-corrected chi connectivity index (χ3v) is 4.45. The van der Waals surface area contributed by atoms with E-state index in [1.807, 2.05) is 68.4 Å². The van der Waals surface area contributed by atoms with Crippen molar-refractivity contribution in [2.45, 2.75) is 26.7 Å². The third-order valence-electron chi connectivity index (χ3n) is 4.45. The van der Waals surface area contributed by atoms with Gasteiger partial charge in [0.1, 0.15) is 23.9 Å². The number of nitrogens with zero attached hydrogens (tertiary/aromatic N) is 2. The molecule has 1 aromatic heterocycles. The maximum Gasteiger partial charge on any atom is 0.259 e. The molecule has 0 radical (unpaired) electrons. The normalized spacial score (nSPS) is 12.4. The fourth-order valence-electron chi connectivity index (χ4n) is 3.20. The van der Waals surface area contributed by atoms with E-state index in [4.69, 9.17) is 10.5 Å². The standard InChI is InChI=1S/C20H20N4O2.C2H6/c21-19-18-20(23-22-19)26-11-10-24(18)16-8-6-15(7-9-16)13-17(25)12-14-4-2-1-3-5-14;1-2/h1-9H,10-13H2,(H3,21,22,23);1-2H3. The fraction of sp³-hybridized carbons (Fsp3) is 0.273. The van der Waals surface area contributed by atoms with Crippen LogP contribution in [0.3, 0.4) is 0 Å². The summed E-state index contributed by atoms with van der Waals surface area (Å²) >= 11 is 0. The summed E-state index contributed by atoms with van der Waals surface area (Å²) in [6, 6.07) is 17.8. The number of benzene rings is 2. The van der Waals surface area contributed by atoms with Crippen molar-refractivity contribution in [3.05, 3.63) is 65.7 Å². The average Bonchev–Trinajstić information content (AvgIpc) is 3.12. The van der Waals surface area contributed by atoms with Crippen LogP contribution in [-0.2, 0) is 17.6 Å². The summed E-state index contributed by atoms with van der Waals surface area (Å²) in [5.41, 5.74) is 9.79. The van der Waals surface area contributed by atoms with Gasteiger partial charge in [-0.2, -0.15) is 0 Å². The molecule has 2 heterocycles. The van der Waals surface area contributed by atoms with E-state index < -0.39 is 0 Å². The maximum atomic E-state index is 12.3. The molecule has 0 aliphatic carbocycles. The fourth-order valence-corrected chi connectivity index (χ4v) is 3.20.